The fourth-order valence-corrected chi connectivity index (χ4v) is 3.19. The molecule has 0 aromatic heterocycles. The van der Waals surface area contributed by atoms with Crippen LogP contribution in [0.3, 0.4) is 0 Å². The van der Waals surface area contributed by atoms with Crippen molar-refractivity contribution in [3.05, 3.63) is 65.7 Å². The van der Waals surface area contributed by atoms with Gasteiger partial charge in [0.1, 0.15) is 0 Å². The van der Waals surface area contributed by atoms with Gasteiger partial charge in [0.15, 0.2) is 0 Å². The van der Waals surface area contributed by atoms with E-state index in [2.05, 4.69) is 35.6 Å². The number of hydrogen-bond donors (Lipinski definition) is 2. The van der Waals surface area contributed by atoms with E-state index < -0.39 is 5.97 Å². The molecule has 3 rings (SSSR count). The van der Waals surface area contributed by atoms with Crippen molar-refractivity contribution >= 4 is 11.7 Å². The second-order valence-electron chi connectivity index (χ2n) is 5.65. The molecule has 0 bridgehead atoms. The topological polar surface area (TPSA) is 49.3 Å². The van der Waals surface area contributed by atoms with E-state index in [0.29, 0.717) is 6.42 Å². The molecule has 3 heteroatoms. The summed E-state index contributed by atoms with van der Waals surface area (Å²) in [4.78, 5) is 10.8. The Kier molecular flexibility index (Phi) is 3.65. The maximum atomic E-state index is 10.8. The zero-order chi connectivity index (χ0) is 14.7. The average Bonchev–Trinajstić information content (AvgIpc) is 2.87. The van der Waals surface area contributed by atoms with E-state index in [1.54, 1.807) is 0 Å². The third-order valence-corrected chi connectivity index (χ3v) is 4.20. The Balaban J connectivity index is 1.89. The fraction of sp³-hybridized carbons (Fsp3) is 0.278. The van der Waals surface area contributed by atoms with E-state index in [0.717, 1.165) is 18.5 Å². The van der Waals surface area contributed by atoms with Gasteiger partial charge in [-0.1, -0.05) is 48.5 Å². The van der Waals surface area contributed by atoms with Crippen LogP contribution in [-0.4, -0.2) is 11.1 Å². The van der Waals surface area contributed by atoms with E-state index in [9.17, 15) is 4.79 Å². The summed E-state index contributed by atoms with van der Waals surface area (Å²) in [6, 6.07) is 18.7. The minimum Gasteiger partial charge on any atom is -0.481 e. The number of carbonyl (C=O) groups is 1. The van der Waals surface area contributed by atoms with Crippen LogP contribution in [0.15, 0.2) is 54.6 Å². The molecule has 2 aromatic rings. The standard InChI is InChI=1S/C18H19NO2/c20-17(21)11-6-12-18(15-8-2-1-3-9-15)13-14-7-4-5-10-16(14)19-18/h1-5,7-10,19H,6,11-13H2,(H,20,21). The molecule has 1 aliphatic heterocycles. The number of benzene rings is 2. The number of carboxylic acid groups (broad SMARTS) is 1. The van der Waals surface area contributed by atoms with E-state index in [-0.39, 0.29) is 12.0 Å². The van der Waals surface area contributed by atoms with Crippen LogP contribution in [0.2, 0.25) is 0 Å². The first-order valence-corrected chi connectivity index (χ1v) is 7.33. The summed E-state index contributed by atoms with van der Waals surface area (Å²) >= 11 is 0. The number of rotatable bonds is 5. The molecule has 0 aliphatic carbocycles. The quantitative estimate of drug-likeness (QED) is 0.876. The van der Waals surface area contributed by atoms with Crippen LogP contribution in [-0.2, 0) is 16.8 Å². The smallest absolute Gasteiger partial charge is 0.303 e. The Morgan fingerprint density at radius 3 is 2.52 bits per heavy atom. The molecule has 0 amide bonds. The van der Waals surface area contributed by atoms with Crippen LogP contribution >= 0.6 is 0 Å². The molecular formula is C18H19NO2. The third kappa shape index (κ3) is 2.77. The van der Waals surface area contributed by atoms with E-state index >= 15 is 0 Å². The highest BCUT2D eigenvalue weighted by Gasteiger charge is 2.37. The Morgan fingerprint density at radius 1 is 1.10 bits per heavy atom. The first kappa shape index (κ1) is 13.7. The number of hydrogen-bond acceptors (Lipinski definition) is 2. The summed E-state index contributed by atoms with van der Waals surface area (Å²) in [5, 5.41) is 12.5. The molecule has 0 fully saturated rings. The molecule has 0 saturated carbocycles. The first-order chi connectivity index (χ1) is 10.2. The number of fused-ring (bicyclic) bond motifs is 1. The fourth-order valence-electron chi connectivity index (χ4n) is 3.19. The van der Waals surface area contributed by atoms with Crippen LogP contribution in [0, 0.1) is 0 Å². The largest absolute Gasteiger partial charge is 0.481 e. The highest BCUT2D eigenvalue weighted by molar-refractivity contribution is 5.66. The van der Waals surface area contributed by atoms with E-state index in [4.69, 9.17) is 5.11 Å². The second kappa shape index (κ2) is 5.60. The summed E-state index contributed by atoms with van der Waals surface area (Å²) in [5.41, 5.74) is 3.51. The van der Waals surface area contributed by atoms with Crippen LogP contribution in [0.1, 0.15) is 30.4 Å². The predicted octanol–water partition coefficient (Wildman–Crippen LogP) is 3.81. The van der Waals surface area contributed by atoms with Gasteiger partial charge in [-0.05, 0) is 30.0 Å². The monoisotopic (exact) mass is 281 g/mol. The molecule has 3 nitrogen and oxygen atoms in total. The molecule has 0 saturated heterocycles. The van der Waals surface area contributed by atoms with Gasteiger partial charge in [-0.2, -0.15) is 0 Å². The number of anilines is 1. The summed E-state index contributed by atoms with van der Waals surface area (Å²) in [5.74, 6) is -0.728. The van der Waals surface area contributed by atoms with Gasteiger partial charge >= 0.3 is 5.97 Å². The number of aliphatic carboxylic acids is 1. The summed E-state index contributed by atoms with van der Waals surface area (Å²) in [6.45, 7) is 0. The molecular weight excluding hydrogens is 262 g/mol. The molecule has 1 heterocycles. The minimum atomic E-state index is -0.728. The lowest BCUT2D eigenvalue weighted by atomic mass is 9.82. The molecule has 21 heavy (non-hydrogen) atoms. The van der Waals surface area contributed by atoms with Gasteiger partial charge < -0.3 is 10.4 Å². The SMILES string of the molecule is O=C(O)CCCC1(c2ccccc2)Cc2ccccc2N1. The Morgan fingerprint density at radius 2 is 1.81 bits per heavy atom. The van der Waals surface area contributed by atoms with Crippen molar-refractivity contribution < 1.29 is 9.90 Å². The number of nitrogens with one attached hydrogen (secondary N) is 1. The maximum Gasteiger partial charge on any atom is 0.303 e. The van der Waals surface area contributed by atoms with Crippen molar-refractivity contribution in [2.45, 2.75) is 31.2 Å². The average molecular weight is 281 g/mol. The van der Waals surface area contributed by atoms with Gasteiger partial charge in [-0.25, -0.2) is 0 Å². The number of para-hydroxylation sites is 1. The van der Waals surface area contributed by atoms with Crippen molar-refractivity contribution in [3.8, 4) is 0 Å². The van der Waals surface area contributed by atoms with Crippen molar-refractivity contribution in [3.63, 3.8) is 0 Å². The van der Waals surface area contributed by atoms with Gasteiger partial charge in [-0.15, -0.1) is 0 Å². The first-order valence-electron chi connectivity index (χ1n) is 7.33. The third-order valence-electron chi connectivity index (χ3n) is 4.20. The maximum absolute atomic E-state index is 10.8. The Bertz CT molecular complexity index is 612. The van der Waals surface area contributed by atoms with Gasteiger partial charge in [-0.3, -0.25) is 4.79 Å². The molecule has 1 aliphatic rings. The van der Waals surface area contributed by atoms with Gasteiger partial charge in [0.2, 0.25) is 0 Å². The van der Waals surface area contributed by atoms with Crippen LogP contribution < -0.4 is 5.32 Å². The van der Waals surface area contributed by atoms with Crippen LogP contribution in [0.5, 0.6) is 0 Å². The van der Waals surface area contributed by atoms with Crippen molar-refractivity contribution in [2.24, 2.45) is 0 Å². The van der Waals surface area contributed by atoms with Crippen molar-refractivity contribution in [1.29, 1.82) is 0 Å². The molecule has 2 N–H and O–H groups in total. The van der Waals surface area contributed by atoms with Crippen LogP contribution in [0.4, 0.5) is 5.69 Å². The molecule has 108 valence electrons. The molecule has 0 radical (unpaired) electrons. The van der Waals surface area contributed by atoms with Crippen LogP contribution in [0.25, 0.3) is 0 Å². The molecule has 2 aromatic carbocycles. The lowest BCUT2D eigenvalue weighted by Gasteiger charge is -2.31. The van der Waals surface area contributed by atoms with E-state index in [1.165, 1.54) is 11.1 Å². The van der Waals surface area contributed by atoms with Crippen molar-refractivity contribution in [2.75, 3.05) is 5.32 Å². The predicted molar refractivity (Wildman–Crippen MR) is 83.4 cm³/mol. The highest BCUT2D eigenvalue weighted by atomic mass is 16.4. The summed E-state index contributed by atoms with van der Waals surface area (Å²) in [6.07, 6.45) is 2.61. The number of carboxylic acids is 1. The van der Waals surface area contributed by atoms with Gasteiger partial charge in [0.05, 0.1) is 5.54 Å². The summed E-state index contributed by atoms with van der Waals surface area (Å²) in [7, 11) is 0. The van der Waals surface area contributed by atoms with E-state index in [1.807, 2.05) is 24.3 Å². The molecule has 1 atom stereocenters. The van der Waals surface area contributed by atoms with Gasteiger partial charge in [0, 0.05) is 18.5 Å². The molecule has 0 spiro atoms. The second-order valence-corrected chi connectivity index (χ2v) is 5.65. The summed E-state index contributed by atoms with van der Waals surface area (Å²) < 4.78 is 0. The molecule has 1 unspecified atom stereocenters. The van der Waals surface area contributed by atoms with Crippen molar-refractivity contribution in [1.82, 2.24) is 0 Å². The normalized spacial score (nSPS) is 19.8. The zero-order valence-electron chi connectivity index (χ0n) is 11.9. The highest BCUT2D eigenvalue weighted by Crippen LogP contribution is 2.42. The van der Waals surface area contributed by atoms with Gasteiger partial charge in [0.25, 0.3) is 0 Å². The Labute approximate surface area is 124 Å². The Hall–Kier alpha value is -2.29. The lowest BCUT2D eigenvalue weighted by molar-refractivity contribution is -0.137. The lowest BCUT2D eigenvalue weighted by Crippen LogP contribution is -2.33. The zero-order valence-corrected chi connectivity index (χ0v) is 11.9. The minimum absolute atomic E-state index is 0.180.